The lowest BCUT2D eigenvalue weighted by Gasteiger charge is -2.27. The Morgan fingerprint density at radius 2 is 1.95 bits per heavy atom. The molecular weight excluding hydrogens is 547 g/mol. The van der Waals surface area contributed by atoms with Crippen LogP contribution in [0.1, 0.15) is 34.3 Å². The van der Waals surface area contributed by atoms with Crippen LogP contribution in [0.2, 0.25) is 0 Å². The van der Waals surface area contributed by atoms with E-state index in [1.807, 2.05) is 48.3 Å². The van der Waals surface area contributed by atoms with Crippen LogP contribution in [0.15, 0.2) is 55.0 Å². The van der Waals surface area contributed by atoms with E-state index in [1.165, 1.54) is 11.0 Å². The number of aryl methyl sites for hydroxylation is 1. The zero-order chi connectivity index (χ0) is 30.0. The molecule has 1 fully saturated rings. The minimum Gasteiger partial charge on any atom is -0.475 e. The lowest BCUT2D eigenvalue weighted by molar-refractivity contribution is -0.192. The van der Waals surface area contributed by atoms with Gasteiger partial charge >= 0.3 is 12.1 Å². The molecule has 12 nitrogen and oxygen atoms in total. The Morgan fingerprint density at radius 1 is 1.20 bits per heavy atom. The largest absolute Gasteiger partial charge is 0.490 e. The van der Waals surface area contributed by atoms with Gasteiger partial charge in [-0.1, -0.05) is 18.2 Å². The van der Waals surface area contributed by atoms with E-state index in [0.717, 1.165) is 18.6 Å². The molecule has 1 aliphatic rings. The number of amides is 2. The molecule has 2 atom stereocenters. The van der Waals surface area contributed by atoms with E-state index in [0.29, 0.717) is 37.0 Å². The summed E-state index contributed by atoms with van der Waals surface area (Å²) in [6.07, 6.45) is -0.962. The Hall–Kier alpha value is -4.37. The predicted molar refractivity (Wildman–Crippen MR) is 139 cm³/mol. The smallest absolute Gasteiger partial charge is 0.475 e. The van der Waals surface area contributed by atoms with Crippen LogP contribution in [0, 0.1) is 5.92 Å². The van der Waals surface area contributed by atoms with Crippen molar-refractivity contribution in [1.82, 2.24) is 30.0 Å². The summed E-state index contributed by atoms with van der Waals surface area (Å²) in [7, 11) is 3.59. The van der Waals surface area contributed by atoms with E-state index in [2.05, 4.69) is 25.7 Å². The highest BCUT2D eigenvalue weighted by atomic mass is 19.4. The summed E-state index contributed by atoms with van der Waals surface area (Å²) >= 11 is 0. The van der Waals surface area contributed by atoms with Gasteiger partial charge in [-0.05, 0) is 43.3 Å². The van der Waals surface area contributed by atoms with Gasteiger partial charge in [-0.25, -0.2) is 9.78 Å². The number of carbonyl (C=O) groups excluding carboxylic acids is 2. The lowest BCUT2D eigenvalue weighted by Crippen LogP contribution is -2.40. The Bertz CT molecular complexity index is 1310. The first-order valence-corrected chi connectivity index (χ1v) is 12.5. The van der Waals surface area contributed by atoms with Crippen molar-refractivity contribution in [3.63, 3.8) is 0 Å². The Labute approximate surface area is 233 Å². The monoisotopic (exact) mass is 577 g/mol. The van der Waals surface area contributed by atoms with Crippen LogP contribution in [0.4, 0.5) is 18.9 Å². The molecule has 15 heteroatoms. The molecule has 3 aromatic rings. The number of aliphatic carboxylic acids is 1. The Morgan fingerprint density at radius 3 is 2.54 bits per heavy atom. The van der Waals surface area contributed by atoms with Crippen molar-refractivity contribution in [2.75, 3.05) is 32.1 Å². The number of carboxylic acids is 1. The number of nitrogens with zero attached hydrogens (tertiary/aromatic N) is 5. The van der Waals surface area contributed by atoms with Gasteiger partial charge in [0, 0.05) is 44.5 Å². The van der Waals surface area contributed by atoms with E-state index in [1.54, 1.807) is 19.3 Å². The molecule has 2 aromatic heterocycles. The number of carboxylic acid groups (broad SMARTS) is 1. The second kappa shape index (κ2) is 14.3. The summed E-state index contributed by atoms with van der Waals surface area (Å²) in [5, 5.41) is 17.0. The molecule has 1 saturated heterocycles. The van der Waals surface area contributed by atoms with Crippen LogP contribution in [0.3, 0.4) is 0 Å². The average Bonchev–Trinajstić information content (AvgIpc) is 3.60. The molecule has 41 heavy (non-hydrogen) atoms. The number of carbonyl (C=O) groups is 3. The number of nitrogens with one attached hydrogen (secondary N) is 2. The molecule has 220 valence electrons. The number of hydrogen-bond acceptors (Lipinski definition) is 8. The molecule has 4 rings (SSSR count). The molecule has 2 unspecified atom stereocenters. The van der Waals surface area contributed by atoms with Crippen molar-refractivity contribution in [3.8, 4) is 0 Å². The number of halogens is 3. The van der Waals surface area contributed by atoms with Gasteiger partial charge in [0.25, 0.3) is 5.91 Å². The molecule has 3 heterocycles. The van der Waals surface area contributed by atoms with Crippen LogP contribution in [0.25, 0.3) is 0 Å². The summed E-state index contributed by atoms with van der Waals surface area (Å²) in [5.41, 5.74) is 2.24. The molecule has 0 radical (unpaired) electrons. The van der Waals surface area contributed by atoms with Crippen LogP contribution in [-0.2, 0) is 27.9 Å². The maximum atomic E-state index is 13.2. The standard InChI is InChI=1S/C24H29N7O3.C2HF3O2/c1-30(14-17-6-5-7-19(12-17)28-24(33)22-27-16-31(2)29-22)21(20-8-3-4-10-25-20)23(32)26-13-18-9-11-34-15-18;3-2(4,5)1(6)7/h3-8,10,12,16,18,21H,9,11,13-15H2,1-2H3,(H,26,32)(H,28,33);(H,6,7). The van der Waals surface area contributed by atoms with Gasteiger partial charge in [0.05, 0.1) is 12.3 Å². The first kappa shape index (κ1) is 31.2. The van der Waals surface area contributed by atoms with Crippen molar-refractivity contribution in [1.29, 1.82) is 0 Å². The minimum atomic E-state index is -5.08. The average molecular weight is 578 g/mol. The molecular formula is C26H30F3N7O5. The predicted octanol–water partition coefficient (Wildman–Crippen LogP) is 2.42. The summed E-state index contributed by atoms with van der Waals surface area (Å²) in [6.45, 7) is 2.48. The molecule has 3 N–H and O–H groups in total. The van der Waals surface area contributed by atoms with Crippen LogP contribution in [0.5, 0.6) is 0 Å². The first-order chi connectivity index (χ1) is 19.4. The number of hydrogen-bond donors (Lipinski definition) is 3. The summed E-state index contributed by atoms with van der Waals surface area (Å²) in [6, 6.07) is 12.5. The SMILES string of the molecule is CN(Cc1cccc(NC(=O)c2ncn(C)n2)c1)C(C(=O)NCC1CCOC1)c1ccccn1.O=C(O)C(F)(F)F. The van der Waals surface area contributed by atoms with Crippen molar-refractivity contribution in [3.05, 3.63) is 72.1 Å². The van der Waals surface area contributed by atoms with Gasteiger partial charge in [0.2, 0.25) is 11.7 Å². The fourth-order valence-corrected chi connectivity index (χ4v) is 3.94. The highest BCUT2D eigenvalue weighted by Crippen LogP contribution is 2.22. The number of ether oxygens (including phenoxy) is 1. The zero-order valence-corrected chi connectivity index (χ0v) is 22.3. The maximum absolute atomic E-state index is 13.2. The van der Waals surface area contributed by atoms with Crippen molar-refractivity contribution >= 4 is 23.5 Å². The highest BCUT2D eigenvalue weighted by Gasteiger charge is 2.38. The van der Waals surface area contributed by atoms with Crippen molar-refractivity contribution < 1.29 is 37.4 Å². The van der Waals surface area contributed by atoms with Gasteiger partial charge in [0.15, 0.2) is 0 Å². The number of aromatic nitrogens is 4. The van der Waals surface area contributed by atoms with Crippen LogP contribution in [-0.4, -0.2) is 80.5 Å². The lowest BCUT2D eigenvalue weighted by atomic mass is 10.1. The second-order valence-electron chi connectivity index (χ2n) is 9.25. The third-order valence-corrected chi connectivity index (χ3v) is 5.91. The highest BCUT2D eigenvalue weighted by molar-refractivity contribution is 6.01. The van der Waals surface area contributed by atoms with Crippen molar-refractivity contribution in [2.24, 2.45) is 13.0 Å². The topological polar surface area (TPSA) is 152 Å². The fourth-order valence-electron chi connectivity index (χ4n) is 3.94. The van der Waals surface area contributed by atoms with E-state index in [-0.39, 0.29) is 17.6 Å². The molecule has 1 aliphatic heterocycles. The summed E-state index contributed by atoms with van der Waals surface area (Å²) in [4.78, 5) is 44.8. The third-order valence-electron chi connectivity index (χ3n) is 5.91. The maximum Gasteiger partial charge on any atom is 0.490 e. The number of pyridine rings is 1. The molecule has 0 aliphatic carbocycles. The van der Waals surface area contributed by atoms with Crippen molar-refractivity contribution in [2.45, 2.75) is 25.2 Å². The van der Waals surface area contributed by atoms with Crippen LogP contribution >= 0.6 is 0 Å². The van der Waals surface area contributed by atoms with Gasteiger partial charge < -0.3 is 20.5 Å². The zero-order valence-electron chi connectivity index (χ0n) is 22.3. The number of alkyl halides is 3. The first-order valence-electron chi connectivity index (χ1n) is 12.5. The van der Waals surface area contributed by atoms with E-state index < -0.39 is 18.2 Å². The van der Waals surface area contributed by atoms with Gasteiger partial charge in [-0.15, -0.1) is 5.10 Å². The van der Waals surface area contributed by atoms with Gasteiger partial charge in [-0.3, -0.25) is 24.2 Å². The molecule has 0 saturated carbocycles. The molecule has 1 aromatic carbocycles. The van der Waals surface area contributed by atoms with E-state index in [4.69, 9.17) is 14.6 Å². The number of likely N-dealkylation sites (N-methyl/N-ethyl adjacent to an activating group) is 1. The molecule has 0 bridgehead atoms. The normalized spacial score (nSPS) is 15.5. The van der Waals surface area contributed by atoms with E-state index >= 15 is 0 Å². The van der Waals surface area contributed by atoms with E-state index in [9.17, 15) is 22.8 Å². The number of benzene rings is 1. The third kappa shape index (κ3) is 9.65. The molecule has 2 amide bonds. The quantitative estimate of drug-likeness (QED) is 0.348. The number of rotatable bonds is 9. The van der Waals surface area contributed by atoms with Crippen LogP contribution < -0.4 is 10.6 Å². The summed E-state index contributed by atoms with van der Waals surface area (Å²) < 4.78 is 38.6. The summed E-state index contributed by atoms with van der Waals surface area (Å²) in [5.74, 6) is -2.80. The number of anilines is 1. The molecule has 0 spiro atoms. The van der Waals surface area contributed by atoms with Gasteiger partial charge in [-0.2, -0.15) is 13.2 Å². The second-order valence-corrected chi connectivity index (χ2v) is 9.25. The minimum absolute atomic E-state index is 0.0983. The Kier molecular flexibility index (Phi) is 10.9. The fraction of sp³-hybridized carbons (Fsp3) is 0.385. The Balaban J connectivity index is 0.000000587. The van der Waals surface area contributed by atoms with Gasteiger partial charge in [0.1, 0.15) is 12.4 Å².